The van der Waals surface area contributed by atoms with Crippen molar-refractivity contribution in [1.29, 1.82) is 0 Å². The van der Waals surface area contributed by atoms with Crippen LogP contribution >= 0.6 is 0 Å². The maximum Gasteiger partial charge on any atom is 0.259 e. The Hall–Kier alpha value is -2.89. The van der Waals surface area contributed by atoms with E-state index in [0.29, 0.717) is 22.8 Å². The standard InChI is InChI=1S/C21H28N2O4/c1-7-23(8-2)15-9-10-17(14(3)11-15)22-21(24)16-12-19(26-5)20(27-6)13-18(16)25-4/h9-13H,7-8H2,1-6H3,(H,22,24). The van der Waals surface area contributed by atoms with Crippen molar-refractivity contribution in [2.24, 2.45) is 0 Å². The molecule has 2 aromatic carbocycles. The first-order chi connectivity index (χ1) is 13.0. The highest BCUT2D eigenvalue weighted by Crippen LogP contribution is 2.35. The molecule has 1 amide bonds. The fourth-order valence-corrected chi connectivity index (χ4v) is 2.97. The van der Waals surface area contributed by atoms with Crippen LogP contribution in [0.3, 0.4) is 0 Å². The lowest BCUT2D eigenvalue weighted by Gasteiger charge is -2.22. The van der Waals surface area contributed by atoms with Crippen molar-refractivity contribution in [3.8, 4) is 17.2 Å². The molecule has 2 aromatic rings. The van der Waals surface area contributed by atoms with Gasteiger partial charge in [0, 0.05) is 36.6 Å². The summed E-state index contributed by atoms with van der Waals surface area (Å²) in [6.07, 6.45) is 0. The molecule has 0 aromatic heterocycles. The van der Waals surface area contributed by atoms with Crippen LogP contribution in [0.4, 0.5) is 11.4 Å². The molecule has 27 heavy (non-hydrogen) atoms. The summed E-state index contributed by atoms with van der Waals surface area (Å²) in [5.74, 6) is 1.12. The maximum atomic E-state index is 12.8. The third-order valence-electron chi connectivity index (χ3n) is 4.54. The van der Waals surface area contributed by atoms with Gasteiger partial charge in [0.15, 0.2) is 11.5 Å². The van der Waals surface area contributed by atoms with Gasteiger partial charge in [0.1, 0.15) is 5.75 Å². The molecule has 0 aliphatic heterocycles. The monoisotopic (exact) mass is 372 g/mol. The highest BCUT2D eigenvalue weighted by atomic mass is 16.5. The molecule has 0 saturated heterocycles. The van der Waals surface area contributed by atoms with E-state index in [1.54, 1.807) is 12.1 Å². The molecule has 2 rings (SSSR count). The number of nitrogens with zero attached hydrogens (tertiary/aromatic N) is 1. The van der Waals surface area contributed by atoms with Crippen LogP contribution in [0.2, 0.25) is 0 Å². The van der Waals surface area contributed by atoms with E-state index in [4.69, 9.17) is 14.2 Å². The minimum atomic E-state index is -0.272. The number of anilines is 2. The number of hydrogen-bond acceptors (Lipinski definition) is 5. The molecule has 0 unspecified atom stereocenters. The molecular weight excluding hydrogens is 344 g/mol. The van der Waals surface area contributed by atoms with Crippen molar-refractivity contribution in [3.05, 3.63) is 41.5 Å². The summed E-state index contributed by atoms with van der Waals surface area (Å²) in [6.45, 7) is 8.10. The van der Waals surface area contributed by atoms with Crippen molar-refractivity contribution < 1.29 is 19.0 Å². The number of amides is 1. The number of nitrogens with one attached hydrogen (secondary N) is 1. The van der Waals surface area contributed by atoms with Gasteiger partial charge in [-0.05, 0) is 44.5 Å². The van der Waals surface area contributed by atoms with Crippen molar-refractivity contribution in [2.75, 3.05) is 44.6 Å². The van der Waals surface area contributed by atoms with Crippen LogP contribution in [0, 0.1) is 6.92 Å². The molecule has 0 radical (unpaired) electrons. The summed E-state index contributed by atoms with van der Waals surface area (Å²) in [5.41, 5.74) is 3.27. The number of aryl methyl sites for hydroxylation is 1. The van der Waals surface area contributed by atoms with E-state index in [0.717, 1.165) is 30.0 Å². The molecule has 0 aliphatic rings. The predicted molar refractivity (Wildman–Crippen MR) is 109 cm³/mol. The number of carbonyl (C=O) groups excluding carboxylic acids is 1. The first kappa shape index (κ1) is 20.4. The summed E-state index contributed by atoms with van der Waals surface area (Å²) in [4.78, 5) is 15.1. The average molecular weight is 372 g/mol. The number of hydrogen-bond donors (Lipinski definition) is 1. The van der Waals surface area contributed by atoms with Gasteiger partial charge in [0.25, 0.3) is 5.91 Å². The predicted octanol–water partition coefficient (Wildman–Crippen LogP) is 4.12. The van der Waals surface area contributed by atoms with E-state index < -0.39 is 0 Å². The summed E-state index contributed by atoms with van der Waals surface area (Å²) < 4.78 is 15.9. The van der Waals surface area contributed by atoms with Crippen LogP contribution in [-0.2, 0) is 0 Å². The first-order valence-electron chi connectivity index (χ1n) is 8.95. The number of benzene rings is 2. The van der Waals surface area contributed by atoms with Crippen molar-refractivity contribution in [1.82, 2.24) is 0 Å². The smallest absolute Gasteiger partial charge is 0.259 e. The molecule has 146 valence electrons. The Labute approximate surface area is 161 Å². The van der Waals surface area contributed by atoms with E-state index in [1.807, 2.05) is 19.1 Å². The first-order valence-corrected chi connectivity index (χ1v) is 8.95. The van der Waals surface area contributed by atoms with Crippen LogP contribution < -0.4 is 24.4 Å². The highest BCUT2D eigenvalue weighted by molar-refractivity contribution is 6.07. The lowest BCUT2D eigenvalue weighted by Crippen LogP contribution is -2.22. The molecule has 0 aliphatic carbocycles. The second-order valence-corrected chi connectivity index (χ2v) is 6.03. The summed E-state index contributed by atoms with van der Waals surface area (Å²) in [6, 6.07) is 9.28. The molecule has 0 bridgehead atoms. The second-order valence-electron chi connectivity index (χ2n) is 6.03. The van der Waals surface area contributed by atoms with E-state index in [2.05, 4.69) is 30.1 Å². The van der Waals surface area contributed by atoms with Gasteiger partial charge in [-0.15, -0.1) is 0 Å². The largest absolute Gasteiger partial charge is 0.496 e. The Morgan fingerprint density at radius 2 is 1.52 bits per heavy atom. The molecule has 6 heteroatoms. The van der Waals surface area contributed by atoms with Gasteiger partial charge >= 0.3 is 0 Å². The van der Waals surface area contributed by atoms with Crippen LogP contribution in [0.1, 0.15) is 29.8 Å². The van der Waals surface area contributed by atoms with Crippen molar-refractivity contribution in [2.45, 2.75) is 20.8 Å². The zero-order valence-electron chi connectivity index (χ0n) is 16.9. The lowest BCUT2D eigenvalue weighted by atomic mass is 10.1. The number of methoxy groups -OCH3 is 3. The third kappa shape index (κ3) is 4.45. The van der Waals surface area contributed by atoms with Gasteiger partial charge in [0.05, 0.1) is 26.9 Å². The number of rotatable bonds is 8. The number of ether oxygens (including phenoxy) is 3. The Kier molecular flexibility index (Phi) is 6.93. The molecule has 0 fully saturated rings. The molecular formula is C21H28N2O4. The quantitative estimate of drug-likeness (QED) is 0.755. The Morgan fingerprint density at radius 1 is 0.926 bits per heavy atom. The summed E-state index contributed by atoms with van der Waals surface area (Å²) >= 11 is 0. The highest BCUT2D eigenvalue weighted by Gasteiger charge is 2.18. The molecule has 0 saturated carbocycles. The van der Waals surface area contributed by atoms with Gasteiger partial charge in [-0.2, -0.15) is 0 Å². The van der Waals surface area contributed by atoms with E-state index in [9.17, 15) is 4.79 Å². The van der Waals surface area contributed by atoms with Crippen LogP contribution in [0.25, 0.3) is 0 Å². The van der Waals surface area contributed by atoms with Gasteiger partial charge < -0.3 is 24.4 Å². The molecule has 0 spiro atoms. The van der Waals surface area contributed by atoms with E-state index in [1.165, 1.54) is 21.3 Å². The average Bonchev–Trinajstić information content (AvgIpc) is 2.69. The fourth-order valence-electron chi connectivity index (χ4n) is 2.97. The van der Waals surface area contributed by atoms with Gasteiger partial charge in [-0.25, -0.2) is 0 Å². The van der Waals surface area contributed by atoms with Gasteiger partial charge in [-0.3, -0.25) is 4.79 Å². The minimum Gasteiger partial charge on any atom is -0.496 e. The zero-order chi connectivity index (χ0) is 20.0. The van der Waals surface area contributed by atoms with Crippen LogP contribution in [0.15, 0.2) is 30.3 Å². The minimum absolute atomic E-state index is 0.272. The Bertz CT molecular complexity index is 801. The molecule has 6 nitrogen and oxygen atoms in total. The molecule has 0 heterocycles. The zero-order valence-corrected chi connectivity index (χ0v) is 16.9. The topological polar surface area (TPSA) is 60.0 Å². The molecule has 1 N–H and O–H groups in total. The van der Waals surface area contributed by atoms with Gasteiger partial charge in [0.2, 0.25) is 0 Å². The number of carbonyl (C=O) groups is 1. The Morgan fingerprint density at radius 3 is 2.04 bits per heavy atom. The summed E-state index contributed by atoms with van der Waals surface area (Å²) in [5, 5.41) is 2.96. The maximum absolute atomic E-state index is 12.8. The van der Waals surface area contributed by atoms with E-state index in [-0.39, 0.29) is 5.91 Å². The third-order valence-corrected chi connectivity index (χ3v) is 4.54. The van der Waals surface area contributed by atoms with Gasteiger partial charge in [-0.1, -0.05) is 0 Å². The SMILES string of the molecule is CCN(CC)c1ccc(NC(=O)c2cc(OC)c(OC)cc2OC)c(C)c1. The second kappa shape index (κ2) is 9.16. The van der Waals surface area contributed by atoms with Crippen LogP contribution in [0.5, 0.6) is 17.2 Å². The van der Waals surface area contributed by atoms with E-state index >= 15 is 0 Å². The van der Waals surface area contributed by atoms with Crippen molar-refractivity contribution >= 4 is 17.3 Å². The lowest BCUT2D eigenvalue weighted by molar-refractivity contribution is 0.102. The van der Waals surface area contributed by atoms with Crippen molar-refractivity contribution in [3.63, 3.8) is 0 Å². The summed E-state index contributed by atoms with van der Waals surface area (Å²) in [7, 11) is 4.59. The molecule has 0 atom stereocenters. The fraction of sp³-hybridized carbons (Fsp3) is 0.381. The van der Waals surface area contributed by atoms with Crippen LogP contribution in [-0.4, -0.2) is 40.3 Å². The normalized spacial score (nSPS) is 10.3. The Balaban J connectivity index is 2.32.